The molecule has 7 nitrogen and oxygen atoms in total. The molecule has 0 aliphatic carbocycles. The first-order chi connectivity index (χ1) is 14.8. The number of ketones is 1. The molecule has 1 aliphatic heterocycles. The summed E-state index contributed by atoms with van der Waals surface area (Å²) in [5, 5.41) is 20.7. The SMILES string of the molecule is COCCCN1C(=O)C(=O)/C(=C(\O)c2ccc(OC(C)C)cc2)C1c1ccc(O)cc1. The molecule has 31 heavy (non-hydrogen) atoms. The van der Waals surface area contributed by atoms with Crippen molar-refractivity contribution in [2.75, 3.05) is 20.3 Å². The Morgan fingerprint density at radius 1 is 1.06 bits per heavy atom. The van der Waals surface area contributed by atoms with Crippen molar-refractivity contribution >= 4 is 17.4 Å². The van der Waals surface area contributed by atoms with Crippen molar-refractivity contribution in [2.24, 2.45) is 0 Å². The van der Waals surface area contributed by atoms with Crippen LogP contribution in [0.3, 0.4) is 0 Å². The molecular weight excluding hydrogens is 398 g/mol. The molecule has 0 aromatic heterocycles. The highest BCUT2D eigenvalue weighted by Gasteiger charge is 2.45. The van der Waals surface area contributed by atoms with Gasteiger partial charge in [-0.25, -0.2) is 0 Å². The van der Waals surface area contributed by atoms with E-state index in [2.05, 4.69) is 0 Å². The van der Waals surface area contributed by atoms with Gasteiger partial charge in [-0.3, -0.25) is 9.59 Å². The number of benzene rings is 2. The molecule has 1 aliphatic rings. The molecule has 0 spiro atoms. The van der Waals surface area contributed by atoms with Crippen LogP contribution in [0.25, 0.3) is 5.76 Å². The Balaban J connectivity index is 2.04. The van der Waals surface area contributed by atoms with Crippen LogP contribution in [-0.4, -0.2) is 53.2 Å². The molecule has 0 bridgehead atoms. The fourth-order valence-corrected chi connectivity index (χ4v) is 3.61. The van der Waals surface area contributed by atoms with Crippen LogP contribution in [-0.2, 0) is 14.3 Å². The number of rotatable bonds is 8. The predicted molar refractivity (Wildman–Crippen MR) is 116 cm³/mol. The second-order valence-corrected chi connectivity index (χ2v) is 7.62. The van der Waals surface area contributed by atoms with Gasteiger partial charge < -0.3 is 24.6 Å². The molecule has 1 heterocycles. The molecule has 1 fully saturated rings. The zero-order valence-corrected chi connectivity index (χ0v) is 17.9. The van der Waals surface area contributed by atoms with Gasteiger partial charge in [-0.2, -0.15) is 0 Å². The lowest BCUT2D eigenvalue weighted by Gasteiger charge is -2.25. The minimum atomic E-state index is -0.760. The Labute approximate surface area is 181 Å². The fourth-order valence-electron chi connectivity index (χ4n) is 3.61. The molecule has 2 N–H and O–H groups in total. The predicted octanol–water partition coefficient (Wildman–Crippen LogP) is 3.64. The summed E-state index contributed by atoms with van der Waals surface area (Å²) in [5.41, 5.74) is 1.05. The lowest BCUT2D eigenvalue weighted by molar-refractivity contribution is -0.140. The molecule has 2 aromatic carbocycles. The van der Waals surface area contributed by atoms with Crippen LogP contribution in [0.5, 0.6) is 11.5 Å². The molecule has 1 amide bonds. The largest absolute Gasteiger partial charge is 0.508 e. The maximum Gasteiger partial charge on any atom is 0.295 e. The van der Waals surface area contributed by atoms with Crippen molar-refractivity contribution in [1.29, 1.82) is 0 Å². The summed E-state index contributed by atoms with van der Waals surface area (Å²) < 4.78 is 10.7. The number of methoxy groups -OCH3 is 1. The Bertz CT molecular complexity index is 963. The maximum atomic E-state index is 12.9. The number of Topliss-reactive ketones (excluding diaryl/α,β-unsaturated/α-hetero) is 1. The van der Waals surface area contributed by atoms with E-state index >= 15 is 0 Å². The first-order valence-electron chi connectivity index (χ1n) is 10.2. The van der Waals surface area contributed by atoms with Gasteiger partial charge in [0.25, 0.3) is 11.7 Å². The molecule has 0 saturated carbocycles. The second-order valence-electron chi connectivity index (χ2n) is 7.62. The third-order valence-electron chi connectivity index (χ3n) is 5.00. The van der Waals surface area contributed by atoms with Crippen LogP contribution >= 0.6 is 0 Å². The van der Waals surface area contributed by atoms with Gasteiger partial charge in [-0.15, -0.1) is 0 Å². The Morgan fingerprint density at radius 3 is 2.29 bits per heavy atom. The van der Waals surface area contributed by atoms with Gasteiger partial charge in [-0.05, 0) is 62.2 Å². The number of aromatic hydroxyl groups is 1. The number of hydrogen-bond donors (Lipinski definition) is 2. The van der Waals surface area contributed by atoms with E-state index in [1.807, 2.05) is 13.8 Å². The minimum Gasteiger partial charge on any atom is -0.508 e. The van der Waals surface area contributed by atoms with Gasteiger partial charge in [0.2, 0.25) is 0 Å². The molecule has 1 saturated heterocycles. The monoisotopic (exact) mass is 425 g/mol. The van der Waals surface area contributed by atoms with E-state index in [1.165, 1.54) is 17.0 Å². The number of likely N-dealkylation sites (tertiary alicyclic amines) is 1. The van der Waals surface area contributed by atoms with Gasteiger partial charge in [0, 0.05) is 25.8 Å². The van der Waals surface area contributed by atoms with Gasteiger partial charge in [0.1, 0.15) is 17.3 Å². The zero-order valence-electron chi connectivity index (χ0n) is 17.9. The first-order valence-corrected chi connectivity index (χ1v) is 10.2. The number of phenols is 1. The van der Waals surface area contributed by atoms with Crippen molar-refractivity contribution in [3.63, 3.8) is 0 Å². The number of phenolic OH excluding ortho intramolecular Hbond substituents is 1. The summed E-state index contributed by atoms with van der Waals surface area (Å²) in [6, 6.07) is 12.2. The smallest absolute Gasteiger partial charge is 0.295 e. The number of hydrogen-bond acceptors (Lipinski definition) is 6. The van der Waals surface area contributed by atoms with E-state index in [-0.39, 0.29) is 23.2 Å². The van der Waals surface area contributed by atoms with Gasteiger partial charge in [-0.1, -0.05) is 12.1 Å². The fraction of sp³-hybridized carbons (Fsp3) is 0.333. The molecule has 1 unspecified atom stereocenters. The van der Waals surface area contributed by atoms with Gasteiger partial charge in [0.15, 0.2) is 0 Å². The van der Waals surface area contributed by atoms with E-state index in [4.69, 9.17) is 9.47 Å². The van der Waals surface area contributed by atoms with Crippen molar-refractivity contribution in [1.82, 2.24) is 4.90 Å². The number of aliphatic hydroxyl groups is 1. The highest BCUT2D eigenvalue weighted by Crippen LogP contribution is 2.40. The van der Waals surface area contributed by atoms with Crippen LogP contribution in [0.2, 0.25) is 0 Å². The third kappa shape index (κ3) is 4.88. The van der Waals surface area contributed by atoms with Crippen molar-refractivity contribution in [3.8, 4) is 11.5 Å². The highest BCUT2D eigenvalue weighted by molar-refractivity contribution is 6.46. The standard InChI is InChI=1S/C24H27NO6/c1-15(2)31-19-11-7-17(8-12-19)22(27)20-21(16-5-9-18(26)10-6-16)25(13-4-14-30-3)24(29)23(20)28/h5-12,15,21,26-27H,4,13-14H2,1-3H3/b22-20-. The van der Waals surface area contributed by atoms with Crippen LogP contribution in [0.15, 0.2) is 54.1 Å². The molecule has 3 rings (SSSR count). The third-order valence-corrected chi connectivity index (χ3v) is 5.00. The molecule has 0 radical (unpaired) electrons. The zero-order chi connectivity index (χ0) is 22.5. The average molecular weight is 425 g/mol. The number of carbonyl (C=O) groups excluding carboxylic acids is 2. The molecule has 2 aromatic rings. The van der Waals surface area contributed by atoms with Crippen molar-refractivity contribution in [2.45, 2.75) is 32.4 Å². The maximum absolute atomic E-state index is 12.9. The summed E-state index contributed by atoms with van der Waals surface area (Å²) in [6.07, 6.45) is 0.547. The second kappa shape index (κ2) is 9.66. The summed E-state index contributed by atoms with van der Waals surface area (Å²) in [6.45, 7) is 4.55. The number of ether oxygens (including phenoxy) is 2. The van der Waals surface area contributed by atoms with Crippen LogP contribution in [0, 0.1) is 0 Å². The topological polar surface area (TPSA) is 96.3 Å². The molecule has 164 valence electrons. The van der Waals surface area contributed by atoms with E-state index in [0.717, 1.165) is 0 Å². The summed E-state index contributed by atoms with van der Waals surface area (Å²) in [4.78, 5) is 27.1. The Kier molecular flexibility index (Phi) is 6.97. The van der Waals surface area contributed by atoms with Gasteiger partial charge >= 0.3 is 0 Å². The summed E-state index contributed by atoms with van der Waals surface area (Å²) in [7, 11) is 1.57. The molecule has 7 heteroatoms. The average Bonchev–Trinajstić information content (AvgIpc) is 2.99. The quantitative estimate of drug-likeness (QED) is 0.290. The van der Waals surface area contributed by atoms with E-state index in [9.17, 15) is 19.8 Å². The lowest BCUT2D eigenvalue weighted by Crippen LogP contribution is -2.31. The summed E-state index contributed by atoms with van der Waals surface area (Å²) >= 11 is 0. The Hall–Kier alpha value is -3.32. The number of aliphatic hydroxyl groups excluding tert-OH is 1. The normalized spacial score (nSPS) is 18.1. The lowest BCUT2D eigenvalue weighted by atomic mass is 9.95. The van der Waals surface area contributed by atoms with E-state index < -0.39 is 17.7 Å². The Morgan fingerprint density at radius 2 is 1.71 bits per heavy atom. The summed E-state index contributed by atoms with van der Waals surface area (Å²) in [5.74, 6) is -0.949. The first kappa shape index (κ1) is 22.4. The molecule has 1 atom stereocenters. The van der Waals surface area contributed by atoms with Crippen molar-refractivity contribution in [3.05, 3.63) is 65.2 Å². The van der Waals surface area contributed by atoms with E-state index in [0.29, 0.717) is 36.4 Å². The van der Waals surface area contributed by atoms with E-state index in [1.54, 1.807) is 43.5 Å². The number of carbonyl (C=O) groups is 2. The molecular formula is C24H27NO6. The number of nitrogens with zero attached hydrogens (tertiary/aromatic N) is 1. The highest BCUT2D eigenvalue weighted by atomic mass is 16.5. The van der Waals surface area contributed by atoms with Crippen LogP contribution in [0.4, 0.5) is 0 Å². The van der Waals surface area contributed by atoms with Gasteiger partial charge in [0.05, 0.1) is 17.7 Å². The van der Waals surface area contributed by atoms with Crippen LogP contribution < -0.4 is 4.74 Å². The number of amides is 1. The van der Waals surface area contributed by atoms with Crippen LogP contribution in [0.1, 0.15) is 37.4 Å². The van der Waals surface area contributed by atoms with Crippen molar-refractivity contribution < 1.29 is 29.3 Å². The minimum absolute atomic E-state index is 0.00590.